The van der Waals surface area contributed by atoms with Gasteiger partial charge in [-0.15, -0.1) is 11.3 Å². The first-order chi connectivity index (χ1) is 8.83. The third-order valence-corrected chi connectivity index (χ3v) is 3.53. The average molecular weight is 256 g/mol. The summed E-state index contributed by atoms with van der Waals surface area (Å²) in [4.78, 5) is 12.8. The van der Waals surface area contributed by atoms with Crippen molar-refractivity contribution in [3.8, 4) is 0 Å². The highest BCUT2D eigenvalue weighted by Crippen LogP contribution is 2.25. The molecule has 0 unspecified atom stereocenters. The number of aryl methyl sites for hydroxylation is 1. The summed E-state index contributed by atoms with van der Waals surface area (Å²) >= 11 is 1.72. The molecule has 0 aliphatic rings. The number of rotatable bonds is 3. The molecule has 3 aromatic heterocycles. The van der Waals surface area contributed by atoms with Gasteiger partial charge < -0.3 is 5.32 Å². The van der Waals surface area contributed by atoms with Gasteiger partial charge in [-0.2, -0.15) is 0 Å². The molecule has 0 bridgehead atoms. The van der Waals surface area contributed by atoms with Crippen LogP contribution in [0.4, 0.5) is 5.82 Å². The van der Waals surface area contributed by atoms with Crippen molar-refractivity contribution < 1.29 is 0 Å². The Kier molecular flexibility index (Phi) is 2.90. The van der Waals surface area contributed by atoms with Crippen LogP contribution in [0.3, 0.4) is 0 Å². The largest absolute Gasteiger partial charge is 0.364 e. The highest BCUT2D eigenvalue weighted by molar-refractivity contribution is 7.17. The zero-order valence-electron chi connectivity index (χ0n) is 9.92. The first-order valence-corrected chi connectivity index (χ1v) is 6.55. The van der Waals surface area contributed by atoms with Crippen LogP contribution >= 0.6 is 11.3 Å². The predicted molar refractivity (Wildman–Crippen MR) is 73.7 cm³/mol. The smallest absolute Gasteiger partial charge is 0.134 e. The summed E-state index contributed by atoms with van der Waals surface area (Å²) in [5.74, 6) is 1.70. The standard InChI is InChI=1S/C13H12N4S/c1-9-14-5-2-10(17-9)8-16-13-11-4-7-18-12(11)3-6-15-13/h2-7H,8H2,1H3,(H,15,16). The minimum atomic E-state index is 0.658. The van der Waals surface area contributed by atoms with E-state index in [1.807, 2.05) is 25.3 Å². The van der Waals surface area contributed by atoms with Crippen LogP contribution in [0.1, 0.15) is 11.5 Å². The summed E-state index contributed by atoms with van der Waals surface area (Å²) in [6.07, 6.45) is 3.60. The van der Waals surface area contributed by atoms with Crippen molar-refractivity contribution in [3.63, 3.8) is 0 Å². The van der Waals surface area contributed by atoms with Crippen LogP contribution in [0.5, 0.6) is 0 Å². The van der Waals surface area contributed by atoms with E-state index >= 15 is 0 Å². The molecule has 1 N–H and O–H groups in total. The molecule has 0 amide bonds. The molecule has 5 heteroatoms. The molecule has 0 aliphatic heterocycles. The first-order valence-electron chi connectivity index (χ1n) is 5.67. The molecule has 90 valence electrons. The zero-order valence-corrected chi connectivity index (χ0v) is 10.7. The van der Waals surface area contributed by atoms with Crippen LogP contribution in [-0.2, 0) is 6.54 Å². The summed E-state index contributed by atoms with van der Waals surface area (Å²) in [5.41, 5.74) is 0.969. The van der Waals surface area contributed by atoms with Crippen LogP contribution in [0.2, 0.25) is 0 Å². The Morgan fingerprint density at radius 2 is 2.06 bits per heavy atom. The molecular weight excluding hydrogens is 244 g/mol. The van der Waals surface area contributed by atoms with Crippen molar-refractivity contribution in [2.75, 3.05) is 5.32 Å². The van der Waals surface area contributed by atoms with Crippen molar-refractivity contribution in [2.24, 2.45) is 0 Å². The molecule has 0 aromatic carbocycles. The molecule has 0 atom stereocenters. The average Bonchev–Trinajstić information content (AvgIpc) is 2.85. The molecule has 3 rings (SSSR count). The van der Waals surface area contributed by atoms with Crippen LogP contribution in [0, 0.1) is 6.92 Å². The summed E-state index contributed by atoms with van der Waals surface area (Å²) in [5, 5.41) is 6.56. The van der Waals surface area contributed by atoms with Gasteiger partial charge in [-0.1, -0.05) is 0 Å². The van der Waals surface area contributed by atoms with Gasteiger partial charge in [0.1, 0.15) is 11.6 Å². The van der Waals surface area contributed by atoms with Crippen molar-refractivity contribution in [1.82, 2.24) is 15.0 Å². The van der Waals surface area contributed by atoms with E-state index in [9.17, 15) is 0 Å². The molecule has 0 spiro atoms. The first kappa shape index (κ1) is 11.1. The van der Waals surface area contributed by atoms with Gasteiger partial charge in [-0.3, -0.25) is 0 Å². The topological polar surface area (TPSA) is 50.7 Å². The molecule has 3 heterocycles. The molecule has 0 saturated carbocycles. The van der Waals surface area contributed by atoms with Gasteiger partial charge in [-0.05, 0) is 30.5 Å². The van der Waals surface area contributed by atoms with E-state index in [1.54, 1.807) is 17.5 Å². The van der Waals surface area contributed by atoms with Crippen molar-refractivity contribution in [2.45, 2.75) is 13.5 Å². The number of nitrogens with one attached hydrogen (secondary N) is 1. The number of aromatic nitrogens is 3. The maximum atomic E-state index is 4.37. The van der Waals surface area contributed by atoms with Gasteiger partial charge in [0.05, 0.1) is 12.2 Å². The second-order valence-corrected chi connectivity index (χ2v) is 4.89. The van der Waals surface area contributed by atoms with E-state index in [2.05, 4.69) is 31.7 Å². The fourth-order valence-corrected chi connectivity index (χ4v) is 2.60. The molecule has 3 aromatic rings. The lowest BCUT2D eigenvalue weighted by molar-refractivity contribution is 0.951. The fourth-order valence-electron chi connectivity index (χ4n) is 1.81. The normalized spacial score (nSPS) is 10.7. The molecular formula is C13H12N4S. The predicted octanol–water partition coefficient (Wildman–Crippen LogP) is 3.01. The van der Waals surface area contributed by atoms with E-state index in [0.717, 1.165) is 22.7 Å². The second-order valence-electron chi connectivity index (χ2n) is 3.94. The number of hydrogen-bond donors (Lipinski definition) is 1. The SMILES string of the molecule is Cc1nccc(CNc2nccc3sccc23)n1. The third kappa shape index (κ3) is 2.17. The number of pyridine rings is 1. The minimum Gasteiger partial charge on any atom is -0.364 e. The van der Waals surface area contributed by atoms with E-state index in [1.165, 1.54) is 4.70 Å². The van der Waals surface area contributed by atoms with Crippen molar-refractivity contribution in [1.29, 1.82) is 0 Å². The number of fused-ring (bicyclic) bond motifs is 1. The Labute approximate surface area is 109 Å². The fraction of sp³-hybridized carbons (Fsp3) is 0.154. The van der Waals surface area contributed by atoms with Crippen molar-refractivity contribution >= 4 is 27.2 Å². The maximum absolute atomic E-state index is 4.37. The van der Waals surface area contributed by atoms with Crippen molar-refractivity contribution in [3.05, 3.63) is 47.5 Å². The van der Waals surface area contributed by atoms with Gasteiger partial charge >= 0.3 is 0 Å². The van der Waals surface area contributed by atoms with Gasteiger partial charge in [0, 0.05) is 22.5 Å². The third-order valence-electron chi connectivity index (χ3n) is 2.65. The highest BCUT2D eigenvalue weighted by Gasteiger charge is 2.03. The number of anilines is 1. The van der Waals surface area contributed by atoms with Crippen LogP contribution in [-0.4, -0.2) is 15.0 Å². The van der Waals surface area contributed by atoms with Crippen LogP contribution in [0.15, 0.2) is 36.0 Å². The molecule has 0 radical (unpaired) electrons. The van der Waals surface area contributed by atoms with E-state index < -0.39 is 0 Å². The molecule has 0 fully saturated rings. The summed E-state index contributed by atoms with van der Waals surface area (Å²) < 4.78 is 1.24. The monoisotopic (exact) mass is 256 g/mol. The minimum absolute atomic E-state index is 0.658. The quantitative estimate of drug-likeness (QED) is 0.782. The zero-order chi connectivity index (χ0) is 12.4. The maximum Gasteiger partial charge on any atom is 0.134 e. The number of hydrogen-bond acceptors (Lipinski definition) is 5. The lowest BCUT2D eigenvalue weighted by Gasteiger charge is -2.06. The molecule has 0 aliphatic carbocycles. The number of thiophene rings is 1. The molecule has 18 heavy (non-hydrogen) atoms. The van der Waals surface area contributed by atoms with Gasteiger partial charge in [0.2, 0.25) is 0 Å². The number of nitrogens with zero attached hydrogens (tertiary/aromatic N) is 3. The van der Waals surface area contributed by atoms with Crippen LogP contribution in [0.25, 0.3) is 10.1 Å². The van der Waals surface area contributed by atoms with Crippen LogP contribution < -0.4 is 5.32 Å². The Morgan fingerprint density at radius 3 is 2.94 bits per heavy atom. The summed E-state index contributed by atoms with van der Waals surface area (Å²) in [7, 11) is 0. The molecule has 0 saturated heterocycles. The van der Waals surface area contributed by atoms with E-state index in [0.29, 0.717) is 6.54 Å². The Balaban J connectivity index is 1.83. The Hall–Kier alpha value is -2.01. The summed E-state index contributed by atoms with van der Waals surface area (Å²) in [6.45, 7) is 2.55. The molecule has 4 nitrogen and oxygen atoms in total. The van der Waals surface area contributed by atoms with E-state index in [-0.39, 0.29) is 0 Å². The second kappa shape index (κ2) is 4.70. The lowest BCUT2D eigenvalue weighted by Crippen LogP contribution is -2.04. The van der Waals surface area contributed by atoms with Gasteiger partial charge in [0.25, 0.3) is 0 Å². The Bertz CT molecular complexity index is 677. The van der Waals surface area contributed by atoms with Gasteiger partial charge in [-0.25, -0.2) is 15.0 Å². The lowest BCUT2D eigenvalue weighted by atomic mass is 10.3. The highest BCUT2D eigenvalue weighted by atomic mass is 32.1. The van der Waals surface area contributed by atoms with E-state index in [4.69, 9.17) is 0 Å². The summed E-state index contributed by atoms with van der Waals surface area (Å²) in [6, 6.07) is 6.02. The Morgan fingerprint density at radius 1 is 1.17 bits per heavy atom. The van der Waals surface area contributed by atoms with Gasteiger partial charge in [0.15, 0.2) is 0 Å².